The molecule has 0 aromatic heterocycles. The molecule has 14 heavy (non-hydrogen) atoms. The van der Waals surface area contributed by atoms with Gasteiger partial charge in [0, 0.05) is 19.7 Å². The Morgan fingerprint density at radius 3 is 2.57 bits per heavy atom. The Kier molecular flexibility index (Phi) is 2.73. The van der Waals surface area contributed by atoms with Gasteiger partial charge in [-0.25, -0.2) is 0 Å². The maximum Gasteiger partial charge on any atom is 0.253 e. The van der Waals surface area contributed by atoms with Gasteiger partial charge in [0.05, 0.1) is 5.56 Å². The smallest absolute Gasteiger partial charge is 0.253 e. The van der Waals surface area contributed by atoms with Crippen LogP contribution in [0.25, 0.3) is 0 Å². The minimum Gasteiger partial charge on any atom is -0.507 e. The molecule has 0 atom stereocenters. The van der Waals surface area contributed by atoms with Gasteiger partial charge in [-0.05, 0) is 18.2 Å². The van der Waals surface area contributed by atoms with Crippen molar-refractivity contribution in [3.63, 3.8) is 0 Å². The van der Waals surface area contributed by atoms with Crippen LogP contribution in [0, 0.1) is 11.3 Å². The number of hydrogen-bond donors (Lipinski definition) is 1. The number of carbonyl (C=O) groups excluding carboxylic acids is 1. The summed E-state index contributed by atoms with van der Waals surface area (Å²) in [4.78, 5) is 12.8. The molecule has 1 amide bonds. The molecule has 0 radical (unpaired) electrons. The highest BCUT2D eigenvalue weighted by Gasteiger charge is 2.10. The number of carbonyl (C=O) groups is 1. The van der Waals surface area contributed by atoms with Crippen molar-refractivity contribution in [3.05, 3.63) is 29.3 Å². The van der Waals surface area contributed by atoms with Crippen molar-refractivity contribution in [3.8, 4) is 11.8 Å². The molecular weight excluding hydrogens is 180 g/mol. The average Bonchev–Trinajstić information content (AvgIpc) is 2.16. The largest absolute Gasteiger partial charge is 0.507 e. The van der Waals surface area contributed by atoms with Gasteiger partial charge in [0.2, 0.25) is 0 Å². The normalized spacial score (nSPS) is 9.21. The van der Waals surface area contributed by atoms with E-state index >= 15 is 0 Å². The second-order valence-corrected chi connectivity index (χ2v) is 3.04. The Labute approximate surface area is 82.0 Å². The molecule has 72 valence electrons. The highest BCUT2D eigenvalue weighted by atomic mass is 16.3. The van der Waals surface area contributed by atoms with Crippen LogP contribution in [-0.2, 0) is 0 Å². The van der Waals surface area contributed by atoms with E-state index < -0.39 is 0 Å². The van der Waals surface area contributed by atoms with E-state index in [0.29, 0.717) is 5.56 Å². The van der Waals surface area contributed by atoms with Crippen molar-refractivity contribution in [2.24, 2.45) is 0 Å². The van der Waals surface area contributed by atoms with E-state index in [-0.39, 0.29) is 17.2 Å². The number of phenolic OH excluding ortho intramolecular Hbond substituents is 1. The van der Waals surface area contributed by atoms with Gasteiger partial charge in [-0.1, -0.05) is 0 Å². The highest BCUT2D eigenvalue weighted by Crippen LogP contribution is 2.18. The molecule has 0 saturated carbocycles. The lowest BCUT2D eigenvalue weighted by Crippen LogP contribution is -2.21. The maximum atomic E-state index is 11.4. The van der Waals surface area contributed by atoms with E-state index in [1.165, 1.54) is 23.1 Å². The van der Waals surface area contributed by atoms with E-state index in [4.69, 9.17) is 5.26 Å². The Bertz CT molecular complexity index is 405. The fourth-order valence-electron chi connectivity index (χ4n) is 1.02. The zero-order valence-corrected chi connectivity index (χ0v) is 7.98. The van der Waals surface area contributed by atoms with Gasteiger partial charge in [0.1, 0.15) is 11.8 Å². The first-order valence-corrected chi connectivity index (χ1v) is 4.01. The van der Waals surface area contributed by atoms with Crippen molar-refractivity contribution in [1.29, 1.82) is 5.26 Å². The predicted molar refractivity (Wildman–Crippen MR) is 50.8 cm³/mol. The molecule has 4 nitrogen and oxygen atoms in total. The van der Waals surface area contributed by atoms with Crippen LogP contribution < -0.4 is 0 Å². The Balaban J connectivity index is 3.11. The van der Waals surface area contributed by atoms with Crippen molar-refractivity contribution in [2.45, 2.75) is 0 Å². The van der Waals surface area contributed by atoms with Crippen LogP contribution in [0.15, 0.2) is 18.2 Å². The van der Waals surface area contributed by atoms with Crippen LogP contribution in [0.3, 0.4) is 0 Å². The summed E-state index contributed by atoms with van der Waals surface area (Å²) in [5.74, 6) is -0.370. The lowest BCUT2D eigenvalue weighted by molar-refractivity contribution is 0.0827. The summed E-state index contributed by atoms with van der Waals surface area (Å²) in [6.45, 7) is 0. The molecular formula is C10H10N2O2. The third-order valence-corrected chi connectivity index (χ3v) is 1.77. The first-order valence-electron chi connectivity index (χ1n) is 4.01. The number of nitriles is 1. The molecule has 0 aliphatic heterocycles. The number of nitrogens with zero attached hydrogens (tertiary/aromatic N) is 2. The summed E-state index contributed by atoms with van der Waals surface area (Å²) >= 11 is 0. The fraction of sp³-hybridized carbons (Fsp3) is 0.200. The predicted octanol–water partition coefficient (Wildman–Crippen LogP) is 0.966. The van der Waals surface area contributed by atoms with E-state index in [0.717, 1.165) is 0 Å². The van der Waals surface area contributed by atoms with Gasteiger partial charge in [0.25, 0.3) is 5.91 Å². The van der Waals surface area contributed by atoms with E-state index in [1.54, 1.807) is 14.1 Å². The van der Waals surface area contributed by atoms with Gasteiger partial charge in [-0.2, -0.15) is 5.26 Å². The quantitative estimate of drug-likeness (QED) is 0.717. The lowest BCUT2D eigenvalue weighted by atomic mass is 10.1. The van der Waals surface area contributed by atoms with Crippen LogP contribution in [-0.4, -0.2) is 30.0 Å². The van der Waals surface area contributed by atoms with E-state index in [2.05, 4.69) is 0 Å². The molecule has 0 aliphatic rings. The van der Waals surface area contributed by atoms with Crippen LogP contribution in [0.2, 0.25) is 0 Å². The highest BCUT2D eigenvalue weighted by molar-refractivity contribution is 5.94. The second kappa shape index (κ2) is 3.79. The Morgan fingerprint density at radius 2 is 2.14 bits per heavy atom. The summed E-state index contributed by atoms with van der Waals surface area (Å²) in [6, 6.07) is 6.05. The Morgan fingerprint density at radius 1 is 1.50 bits per heavy atom. The SMILES string of the molecule is CN(C)C(=O)c1ccc(C#N)c(O)c1. The third kappa shape index (κ3) is 1.83. The van der Waals surface area contributed by atoms with Crippen LogP contribution in [0.1, 0.15) is 15.9 Å². The minimum absolute atomic E-state index is 0.166. The number of benzene rings is 1. The summed E-state index contributed by atoms with van der Waals surface area (Å²) in [5.41, 5.74) is 0.534. The lowest BCUT2D eigenvalue weighted by Gasteiger charge is -2.10. The van der Waals surface area contributed by atoms with Crippen molar-refractivity contribution < 1.29 is 9.90 Å². The van der Waals surface area contributed by atoms with Crippen molar-refractivity contribution in [2.75, 3.05) is 14.1 Å². The Hall–Kier alpha value is -2.02. The molecule has 4 heteroatoms. The molecule has 1 N–H and O–H groups in total. The second-order valence-electron chi connectivity index (χ2n) is 3.04. The standard InChI is InChI=1S/C10H10N2O2/c1-12(2)10(14)7-3-4-8(6-11)9(13)5-7/h3-5,13H,1-2H3. The van der Waals surface area contributed by atoms with Gasteiger partial charge in [-0.15, -0.1) is 0 Å². The van der Waals surface area contributed by atoms with Gasteiger partial charge in [0.15, 0.2) is 0 Å². The number of phenols is 1. The maximum absolute atomic E-state index is 11.4. The van der Waals surface area contributed by atoms with Crippen molar-refractivity contribution in [1.82, 2.24) is 4.90 Å². The molecule has 0 bridgehead atoms. The zero-order chi connectivity index (χ0) is 10.7. The van der Waals surface area contributed by atoms with E-state index in [9.17, 15) is 9.90 Å². The monoisotopic (exact) mass is 190 g/mol. The minimum atomic E-state index is -0.204. The zero-order valence-electron chi connectivity index (χ0n) is 7.98. The molecule has 0 fully saturated rings. The van der Waals surface area contributed by atoms with Gasteiger partial charge < -0.3 is 10.0 Å². The van der Waals surface area contributed by atoms with Gasteiger partial charge >= 0.3 is 0 Å². The first kappa shape index (κ1) is 10.1. The van der Waals surface area contributed by atoms with Crippen LogP contribution in [0.5, 0.6) is 5.75 Å². The number of aromatic hydroxyl groups is 1. The summed E-state index contributed by atoms with van der Waals surface area (Å²) < 4.78 is 0. The average molecular weight is 190 g/mol. The first-order chi connectivity index (χ1) is 6.56. The molecule has 1 aromatic carbocycles. The summed E-state index contributed by atoms with van der Waals surface area (Å²) in [7, 11) is 3.25. The topological polar surface area (TPSA) is 64.3 Å². The molecule has 0 spiro atoms. The molecule has 1 rings (SSSR count). The number of hydrogen-bond acceptors (Lipinski definition) is 3. The number of rotatable bonds is 1. The number of amides is 1. The van der Waals surface area contributed by atoms with Crippen molar-refractivity contribution >= 4 is 5.91 Å². The molecule has 0 saturated heterocycles. The van der Waals surface area contributed by atoms with Crippen LogP contribution in [0.4, 0.5) is 0 Å². The summed E-state index contributed by atoms with van der Waals surface area (Å²) in [5, 5.41) is 17.9. The van der Waals surface area contributed by atoms with Crippen LogP contribution >= 0.6 is 0 Å². The van der Waals surface area contributed by atoms with Gasteiger partial charge in [-0.3, -0.25) is 4.79 Å². The molecule has 0 heterocycles. The molecule has 0 unspecified atom stereocenters. The van der Waals surface area contributed by atoms with E-state index in [1.807, 2.05) is 6.07 Å². The molecule has 0 aliphatic carbocycles. The fourth-order valence-corrected chi connectivity index (χ4v) is 1.02. The molecule has 1 aromatic rings. The third-order valence-electron chi connectivity index (χ3n) is 1.77. The summed E-state index contributed by atoms with van der Waals surface area (Å²) in [6.07, 6.45) is 0.